The Morgan fingerprint density at radius 3 is 2.22 bits per heavy atom. The number of benzene rings is 3. The van der Waals surface area contributed by atoms with Crippen molar-refractivity contribution in [2.24, 2.45) is 0 Å². The van der Waals surface area contributed by atoms with Crippen LogP contribution in [0.25, 0.3) is 0 Å². The first-order chi connectivity index (χ1) is 17.8. The summed E-state index contributed by atoms with van der Waals surface area (Å²) >= 11 is 0. The maximum Gasteiger partial charge on any atom is 0.313 e. The first kappa shape index (κ1) is 25.9. The van der Waals surface area contributed by atoms with Gasteiger partial charge in [-0.2, -0.15) is 0 Å². The molecule has 0 unspecified atom stereocenters. The summed E-state index contributed by atoms with van der Waals surface area (Å²) in [5, 5.41) is 8.10. The molecule has 0 radical (unpaired) electrons. The van der Waals surface area contributed by atoms with E-state index in [2.05, 4.69) is 69.4 Å². The predicted octanol–water partition coefficient (Wildman–Crippen LogP) is 3.57. The standard InChI is InChI=1S/C29H33N5O3/c1-20(35)31-24-9-6-10-25(17-24)32-29(37)28(36)30-18-27(22-11-13-26(14-12-22)33(2)3)34-16-15-21-7-4-5-8-23(21)19-34/h4-14,17,27H,15-16,18-19H2,1-3H3,(H,30,36)(H,31,35)(H,32,37)/t27-/m1/s1. The minimum Gasteiger partial charge on any atom is -0.378 e. The third-order valence-electron chi connectivity index (χ3n) is 6.50. The molecule has 1 atom stereocenters. The van der Waals surface area contributed by atoms with Gasteiger partial charge in [-0.15, -0.1) is 0 Å². The van der Waals surface area contributed by atoms with Gasteiger partial charge in [0.25, 0.3) is 0 Å². The largest absolute Gasteiger partial charge is 0.378 e. The van der Waals surface area contributed by atoms with Crippen molar-refractivity contribution in [2.75, 3.05) is 42.7 Å². The van der Waals surface area contributed by atoms with E-state index in [1.54, 1.807) is 24.3 Å². The molecule has 0 aromatic heterocycles. The highest BCUT2D eigenvalue weighted by molar-refractivity contribution is 6.39. The summed E-state index contributed by atoms with van der Waals surface area (Å²) in [6.07, 6.45) is 0.932. The molecule has 8 heteroatoms. The molecule has 192 valence electrons. The Bertz CT molecular complexity index is 1270. The van der Waals surface area contributed by atoms with E-state index < -0.39 is 11.8 Å². The van der Waals surface area contributed by atoms with E-state index >= 15 is 0 Å². The van der Waals surface area contributed by atoms with Gasteiger partial charge in [0.1, 0.15) is 0 Å². The predicted molar refractivity (Wildman–Crippen MR) is 146 cm³/mol. The van der Waals surface area contributed by atoms with Crippen LogP contribution >= 0.6 is 0 Å². The fraction of sp³-hybridized carbons (Fsp3) is 0.276. The second-order valence-corrected chi connectivity index (χ2v) is 9.42. The molecule has 0 saturated heterocycles. The van der Waals surface area contributed by atoms with E-state index in [9.17, 15) is 14.4 Å². The first-order valence-corrected chi connectivity index (χ1v) is 12.3. The number of fused-ring (bicyclic) bond motifs is 1. The summed E-state index contributed by atoms with van der Waals surface area (Å²) in [4.78, 5) is 41.1. The van der Waals surface area contributed by atoms with Gasteiger partial charge in [0, 0.05) is 57.7 Å². The zero-order chi connectivity index (χ0) is 26.4. The maximum atomic E-state index is 12.8. The van der Waals surface area contributed by atoms with Gasteiger partial charge in [-0.25, -0.2) is 0 Å². The smallest absolute Gasteiger partial charge is 0.313 e. The molecule has 0 saturated carbocycles. The molecule has 0 bridgehead atoms. The zero-order valence-electron chi connectivity index (χ0n) is 21.5. The Labute approximate surface area is 217 Å². The van der Waals surface area contributed by atoms with Gasteiger partial charge < -0.3 is 20.9 Å². The van der Waals surface area contributed by atoms with Crippen LogP contribution in [0, 0.1) is 0 Å². The fourth-order valence-electron chi connectivity index (χ4n) is 4.57. The third kappa shape index (κ3) is 6.74. The second-order valence-electron chi connectivity index (χ2n) is 9.42. The topological polar surface area (TPSA) is 93.8 Å². The SMILES string of the molecule is CC(=O)Nc1cccc(NC(=O)C(=O)NC[C@H](c2ccc(N(C)C)cc2)N2CCc3ccccc3C2)c1. The molecule has 0 spiro atoms. The monoisotopic (exact) mass is 499 g/mol. The van der Waals surface area contributed by atoms with Crippen LogP contribution in [0.2, 0.25) is 0 Å². The van der Waals surface area contributed by atoms with Gasteiger partial charge in [-0.3, -0.25) is 19.3 Å². The lowest BCUT2D eigenvalue weighted by Crippen LogP contribution is -2.43. The van der Waals surface area contributed by atoms with Crippen molar-refractivity contribution < 1.29 is 14.4 Å². The quantitative estimate of drug-likeness (QED) is 0.432. The summed E-state index contributed by atoms with van der Waals surface area (Å²) < 4.78 is 0. The van der Waals surface area contributed by atoms with Crippen molar-refractivity contribution in [2.45, 2.75) is 25.9 Å². The van der Waals surface area contributed by atoms with Crippen LogP contribution in [0.5, 0.6) is 0 Å². The summed E-state index contributed by atoms with van der Waals surface area (Å²) in [6.45, 7) is 3.33. The number of rotatable bonds is 7. The summed E-state index contributed by atoms with van der Waals surface area (Å²) in [5.41, 5.74) is 5.77. The number of hydrogen-bond donors (Lipinski definition) is 3. The minimum absolute atomic E-state index is 0.0931. The molecule has 4 rings (SSSR count). The van der Waals surface area contributed by atoms with Crippen LogP contribution in [-0.2, 0) is 27.3 Å². The van der Waals surface area contributed by atoms with Crippen LogP contribution in [-0.4, -0.2) is 49.8 Å². The molecule has 1 aliphatic rings. The highest BCUT2D eigenvalue weighted by Crippen LogP contribution is 2.28. The Kier molecular flexibility index (Phi) is 8.20. The van der Waals surface area contributed by atoms with Crippen LogP contribution in [0.4, 0.5) is 17.1 Å². The molecule has 1 heterocycles. The fourth-order valence-corrected chi connectivity index (χ4v) is 4.57. The van der Waals surface area contributed by atoms with Crippen molar-refractivity contribution in [3.8, 4) is 0 Å². The van der Waals surface area contributed by atoms with Crippen molar-refractivity contribution in [1.82, 2.24) is 10.2 Å². The number of carbonyl (C=O) groups excluding carboxylic acids is 3. The van der Waals surface area contributed by atoms with Gasteiger partial charge in [0.15, 0.2) is 0 Å². The number of nitrogens with one attached hydrogen (secondary N) is 3. The van der Waals surface area contributed by atoms with Crippen molar-refractivity contribution in [1.29, 1.82) is 0 Å². The van der Waals surface area contributed by atoms with E-state index in [-0.39, 0.29) is 11.9 Å². The number of anilines is 3. The average molecular weight is 500 g/mol. The van der Waals surface area contributed by atoms with Gasteiger partial charge in [-0.05, 0) is 53.4 Å². The summed E-state index contributed by atoms with van der Waals surface area (Å²) in [6, 6.07) is 23.3. The highest BCUT2D eigenvalue weighted by atomic mass is 16.2. The molecule has 3 amide bonds. The second kappa shape index (κ2) is 11.7. The van der Waals surface area contributed by atoms with E-state index in [1.165, 1.54) is 18.1 Å². The van der Waals surface area contributed by atoms with E-state index in [0.717, 1.165) is 30.8 Å². The van der Waals surface area contributed by atoms with Crippen molar-refractivity contribution in [3.05, 3.63) is 89.5 Å². The van der Waals surface area contributed by atoms with Gasteiger partial charge in [0.2, 0.25) is 5.91 Å². The molecular weight excluding hydrogens is 466 g/mol. The highest BCUT2D eigenvalue weighted by Gasteiger charge is 2.26. The normalized spacial score (nSPS) is 13.7. The van der Waals surface area contributed by atoms with E-state index in [0.29, 0.717) is 17.9 Å². The lowest BCUT2D eigenvalue weighted by atomic mass is 9.96. The van der Waals surface area contributed by atoms with E-state index in [1.807, 2.05) is 19.0 Å². The molecule has 8 nitrogen and oxygen atoms in total. The maximum absolute atomic E-state index is 12.8. The Balaban J connectivity index is 1.46. The van der Waals surface area contributed by atoms with Crippen molar-refractivity contribution >= 4 is 34.8 Å². The van der Waals surface area contributed by atoms with Crippen LogP contribution < -0.4 is 20.9 Å². The number of carbonyl (C=O) groups is 3. The Morgan fingerprint density at radius 2 is 1.54 bits per heavy atom. The van der Waals surface area contributed by atoms with Crippen LogP contribution in [0.1, 0.15) is 29.7 Å². The number of nitrogens with zero attached hydrogens (tertiary/aromatic N) is 2. The minimum atomic E-state index is -0.759. The van der Waals surface area contributed by atoms with Crippen LogP contribution in [0.15, 0.2) is 72.8 Å². The Hall–Kier alpha value is -4.17. The molecular formula is C29H33N5O3. The zero-order valence-corrected chi connectivity index (χ0v) is 21.5. The molecule has 3 aromatic carbocycles. The lowest BCUT2D eigenvalue weighted by molar-refractivity contribution is -0.136. The average Bonchev–Trinajstić information content (AvgIpc) is 2.88. The molecule has 37 heavy (non-hydrogen) atoms. The third-order valence-corrected chi connectivity index (χ3v) is 6.50. The number of amides is 3. The number of hydrogen-bond acceptors (Lipinski definition) is 5. The molecule has 0 fully saturated rings. The lowest BCUT2D eigenvalue weighted by Gasteiger charge is -2.36. The van der Waals surface area contributed by atoms with Gasteiger partial charge >= 0.3 is 11.8 Å². The first-order valence-electron chi connectivity index (χ1n) is 12.3. The Morgan fingerprint density at radius 1 is 0.865 bits per heavy atom. The molecule has 1 aliphatic heterocycles. The van der Waals surface area contributed by atoms with E-state index in [4.69, 9.17) is 0 Å². The van der Waals surface area contributed by atoms with Crippen LogP contribution in [0.3, 0.4) is 0 Å². The molecule has 3 aromatic rings. The van der Waals surface area contributed by atoms with Gasteiger partial charge in [0.05, 0.1) is 6.04 Å². The molecule has 3 N–H and O–H groups in total. The summed E-state index contributed by atoms with van der Waals surface area (Å²) in [7, 11) is 4.00. The molecule has 0 aliphatic carbocycles. The van der Waals surface area contributed by atoms with Crippen molar-refractivity contribution in [3.63, 3.8) is 0 Å². The van der Waals surface area contributed by atoms with Gasteiger partial charge in [-0.1, -0.05) is 42.5 Å². The summed E-state index contributed by atoms with van der Waals surface area (Å²) in [5.74, 6) is -1.69.